The van der Waals surface area contributed by atoms with Crippen LogP contribution in [-0.2, 0) is 30.3 Å². The number of carbonyl (C=O) groups excluding carboxylic acids is 1. The quantitative estimate of drug-likeness (QED) is 0.0914. The Morgan fingerprint density at radius 1 is 0.875 bits per heavy atom. The molecule has 0 saturated carbocycles. The van der Waals surface area contributed by atoms with Gasteiger partial charge in [-0.3, -0.25) is 4.79 Å². The summed E-state index contributed by atoms with van der Waals surface area (Å²) in [6.07, 6.45) is 6.91. The van der Waals surface area contributed by atoms with Crippen LogP contribution < -0.4 is 0 Å². The normalized spacial score (nSPS) is 13.8. The van der Waals surface area contributed by atoms with Crippen molar-refractivity contribution in [3.63, 3.8) is 0 Å². The van der Waals surface area contributed by atoms with Crippen LogP contribution in [0.3, 0.4) is 0 Å². The molecule has 1 aliphatic rings. The molecule has 48 heavy (non-hydrogen) atoms. The summed E-state index contributed by atoms with van der Waals surface area (Å²) in [6.45, 7) is 21.7. The topological polar surface area (TPSA) is 63.3 Å². The molecule has 1 radical (unpaired) electrons. The van der Waals surface area contributed by atoms with Crippen LogP contribution in [0.25, 0.3) is 44.0 Å². The van der Waals surface area contributed by atoms with Crippen molar-refractivity contribution in [1.29, 1.82) is 0 Å². The number of rotatable bonds is 9. The van der Waals surface area contributed by atoms with Gasteiger partial charge in [-0.1, -0.05) is 123 Å². The Bertz CT molecular complexity index is 1950. The maximum Gasteiger partial charge on any atom is 0.162 e. The van der Waals surface area contributed by atoms with Crippen molar-refractivity contribution in [2.24, 2.45) is 11.8 Å². The zero-order valence-corrected chi connectivity index (χ0v) is 32.8. The SMILES string of the molecule is CC(C)c1c[c-]c2c3c1oc1c(C(C)C)ccc(c13)C(C)(C)c1c-2ncc2ccccc12.CCC(CC)C(=O)/C=C(\O)C(CC)CC.[Ir]. The molecule has 0 fully saturated rings. The number of aliphatic hydroxyl groups excluding tert-OH is 1. The molecule has 0 spiro atoms. The summed E-state index contributed by atoms with van der Waals surface area (Å²) >= 11 is 0. The van der Waals surface area contributed by atoms with Gasteiger partial charge in [-0.15, -0.1) is 17.7 Å². The van der Waals surface area contributed by atoms with Crippen LogP contribution in [0.15, 0.2) is 64.9 Å². The number of carbonyl (C=O) groups is 1. The Morgan fingerprint density at radius 3 is 2.08 bits per heavy atom. The van der Waals surface area contributed by atoms with Gasteiger partial charge in [0.05, 0.1) is 11.3 Å². The predicted molar refractivity (Wildman–Crippen MR) is 197 cm³/mol. The molecular formula is C43H52IrNO3-. The summed E-state index contributed by atoms with van der Waals surface area (Å²) in [7, 11) is 0. The molecule has 0 amide bonds. The molecule has 257 valence electrons. The van der Waals surface area contributed by atoms with Crippen molar-refractivity contribution in [1.82, 2.24) is 4.98 Å². The van der Waals surface area contributed by atoms with E-state index in [-0.39, 0.29) is 48.9 Å². The Kier molecular flexibility index (Phi) is 11.8. The Balaban J connectivity index is 0.000000279. The maximum atomic E-state index is 11.7. The van der Waals surface area contributed by atoms with E-state index in [9.17, 15) is 9.90 Å². The average molecular weight is 823 g/mol. The van der Waals surface area contributed by atoms with E-state index in [1.54, 1.807) is 0 Å². The van der Waals surface area contributed by atoms with E-state index >= 15 is 0 Å². The second kappa shape index (κ2) is 15.1. The van der Waals surface area contributed by atoms with E-state index in [0.29, 0.717) is 11.8 Å². The summed E-state index contributed by atoms with van der Waals surface area (Å²) < 4.78 is 6.74. The van der Waals surface area contributed by atoms with E-state index in [2.05, 4.69) is 90.1 Å². The second-order valence-corrected chi connectivity index (χ2v) is 14.3. The van der Waals surface area contributed by atoms with Crippen molar-refractivity contribution in [3.05, 3.63) is 88.8 Å². The van der Waals surface area contributed by atoms with Gasteiger partial charge in [0.1, 0.15) is 5.58 Å². The fourth-order valence-corrected chi connectivity index (χ4v) is 7.44. The number of pyridine rings is 1. The van der Waals surface area contributed by atoms with Gasteiger partial charge in [-0.2, -0.15) is 0 Å². The third kappa shape index (κ3) is 6.53. The van der Waals surface area contributed by atoms with Crippen molar-refractivity contribution in [3.8, 4) is 11.3 Å². The van der Waals surface area contributed by atoms with E-state index in [1.165, 1.54) is 49.9 Å². The summed E-state index contributed by atoms with van der Waals surface area (Å²) in [6, 6.07) is 19.0. The molecule has 4 nitrogen and oxygen atoms in total. The number of benzene rings is 3. The number of nitrogens with zero attached hydrogens (tertiary/aromatic N) is 1. The van der Waals surface area contributed by atoms with Crippen molar-refractivity contribution >= 4 is 38.5 Å². The first-order valence-corrected chi connectivity index (χ1v) is 17.7. The van der Waals surface area contributed by atoms with Crippen LogP contribution in [0.1, 0.15) is 129 Å². The molecule has 5 aromatic rings. The fourth-order valence-electron chi connectivity index (χ4n) is 7.44. The summed E-state index contributed by atoms with van der Waals surface area (Å²) in [5.41, 5.74) is 8.94. The fraction of sp³-hybridized carbons (Fsp3) is 0.442. The van der Waals surface area contributed by atoms with Gasteiger partial charge in [0.15, 0.2) is 5.78 Å². The van der Waals surface area contributed by atoms with Crippen LogP contribution in [0.5, 0.6) is 0 Å². The van der Waals surface area contributed by atoms with E-state index in [1.807, 2.05) is 33.9 Å². The number of hydrogen-bond acceptors (Lipinski definition) is 4. The number of allylic oxidation sites excluding steroid dienone is 2. The summed E-state index contributed by atoms with van der Waals surface area (Å²) in [5.74, 6) is 1.28. The third-order valence-corrected chi connectivity index (χ3v) is 10.4. The number of ketones is 1. The zero-order valence-electron chi connectivity index (χ0n) is 30.4. The van der Waals surface area contributed by atoms with Crippen LogP contribution in [0, 0.1) is 17.9 Å². The Labute approximate surface area is 300 Å². The molecule has 0 aliphatic heterocycles. The van der Waals surface area contributed by atoms with Gasteiger partial charge in [0.2, 0.25) is 0 Å². The molecule has 6 rings (SSSR count). The molecule has 1 aliphatic carbocycles. The van der Waals surface area contributed by atoms with E-state index in [0.717, 1.165) is 48.1 Å². The predicted octanol–water partition coefficient (Wildman–Crippen LogP) is 12.4. The van der Waals surface area contributed by atoms with Gasteiger partial charge in [0.25, 0.3) is 0 Å². The molecule has 2 heterocycles. The monoisotopic (exact) mass is 823 g/mol. The summed E-state index contributed by atoms with van der Waals surface area (Å²) in [5, 5.41) is 14.6. The largest absolute Gasteiger partial charge is 0.512 e. The van der Waals surface area contributed by atoms with Gasteiger partial charge in [-0.25, -0.2) is 0 Å². The van der Waals surface area contributed by atoms with Gasteiger partial charge in [0, 0.05) is 49.6 Å². The molecular weight excluding hydrogens is 771 g/mol. The molecule has 0 saturated heterocycles. The van der Waals surface area contributed by atoms with Gasteiger partial charge >= 0.3 is 0 Å². The molecule has 1 N–H and O–H groups in total. The molecule has 3 aromatic carbocycles. The number of furan rings is 1. The molecule has 0 atom stereocenters. The van der Waals surface area contributed by atoms with Crippen molar-refractivity contribution in [2.45, 2.75) is 112 Å². The van der Waals surface area contributed by atoms with Crippen LogP contribution in [0.4, 0.5) is 0 Å². The Hall–Kier alpha value is -3.27. The number of aliphatic hydroxyl groups is 1. The summed E-state index contributed by atoms with van der Waals surface area (Å²) in [4.78, 5) is 16.8. The smallest absolute Gasteiger partial charge is 0.162 e. The average Bonchev–Trinajstić information content (AvgIpc) is 3.41. The van der Waals surface area contributed by atoms with E-state index < -0.39 is 0 Å². The number of aromatic nitrogens is 1. The standard InChI is InChI=1S/C30H28NO.C13H24O2.Ir/c1-16(2)19-11-12-22-24-25-23(14-13-20(17(3)4)29(25)32-28(19)24)30(5,6)26-21-10-8-7-9-18(21)15-31-27(22)26;1-5-10(6-2)12(14)9-13(15)11(7-3)8-4;/h7-11,13-17H,1-6H3;9-11,14H,5-8H2,1-4H3;/q-1;;/b;12-9-;. The van der Waals surface area contributed by atoms with Crippen LogP contribution >= 0.6 is 0 Å². The van der Waals surface area contributed by atoms with Gasteiger partial charge < -0.3 is 14.5 Å². The number of fused-ring (bicyclic) bond motifs is 4. The van der Waals surface area contributed by atoms with Crippen LogP contribution in [0.2, 0.25) is 0 Å². The third-order valence-electron chi connectivity index (χ3n) is 10.4. The second-order valence-electron chi connectivity index (χ2n) is 14.3. The molecule has 0 unspecified atom stereocenters. The molecule has 2 aromatic heterocycles. The van der Waals surface area contributed by atoms with Gasteiger partial charge in [-0.05, 0) is 70.1 Å². The molecule has 5 heteroatoms. The Morgan fingerprint density at radius 2 is 1.48 bits per heavy atom. The maximum absolute atomic E-state index is 11.7. The van der Waals surface area contributed by atoms with Crippen LogP contribution in [-0.4, -0.2) is 15.9 Å². The minimum Gasteiger partial charge on any atom is -0.512 e. The van der Waals surface area contributed by atoms with E-state index in [4.69, 9.17) is 9.40 Å². The first kappa shape index (κ1) is 37.5. The van der Waals surface area contributed by atoms with Crippen molar-refractivity contribution < 1.29 is 34.4 Å². The minimum atomic E-state index is -0.237. The number of hydrogen-bond donors (Lipinski definition) is 1. The first-order valence-electron chi connectivity index (χ1n) is 17.7. The first-order chi connectivity index (χ1) is 22.4. The zero-order chi connectivity index (χ0) is 34.2. The van der Waals surface area contributed by atoms with Crippen molar-refractivity contribution in [2.75, 3.05) is 0 Å². The minimum absolute atomic E-state index is 0. The molecule has 0 bridgehead atoms.